The maximum atomic E-state index is 5.35. The second-order valence-corrected chi connectivity index (χ2v) is 2.97. The summed E-state index contributed by atoms with van der Waals surface area (Å²) in [6.07, 6.45) is 6.75. The number of ether oxygens (including phenoxy) is 1. The molecule has 1 aromatic heterocycles. The van der Waals surface area contributed by atoms with Crippen LogP contribution < -0.4 is 4.74 Å². The van der Waals surface area contributed by atoms with E-state index in [0.29, 0.717) is 5.75 Å². The van der Waals surface area contributed by atoms with Gasteiger partial charge in [0, 0.05) is 5.56 Å². The van der Waals surface area contributed by atoms with Gasteiger partial charge in [-0.15, -0.1) is 6.42 Å². The normalized spacial score (nSPS) is 9.53. The van der Waals surface area contributed by atoms with Crippen LogP contribution in [-0.2, 0) is 0 Å². The van der Waals surface area contributed by atoms with E-state index in [4.69, 9.17) is 11.2 Å². The molecule has 0 spiro atoms. The fourth-order valence-electron chi connectivity index (χ4n) is 1.32. The Morgan fingerprint density at radius 3 is 2.87 bits per heavy atom. The van der Waals surface area contributed by atoms with Crippen LogP contribution in [0.3, 0.4) is 0 Å². The average molecular weight is 198 g/mol. The number of terminal acetylenes is 1. The van der Waals surface area contributed by atoms with E-state index >= 15 is 0 Å². The minimum atomic E-state index is 0.249. The van der Waals surface area contributed by atoms with Gasteiger partial charge in [-0.3, -0.25) is 5.10 Å². The zero-order valence-corrected chi connectivity index (χ0v) is 8.10. The third-order valence-electron chi connectivity index (χ3n) is 1.98. The Labute approximate surface area is 88.1 Å². The van der Waals surface area contributed by atoms with Crippen LogP contribution in [0.1, 0.15) is 0 Å². The molecule has 0 unspecified atom stereocenters. The number of aromatic nitrogens is 2. The SMILES string of the molecule is C#CCOc1cn[nH]c1-c1ccccc1. The molecule has 0 saturated carbocycles. The van der Waals surface area contributed by atoms with Gasteiger partial charge in [0.25, 0.3) is 0 Å². The van der Waals surface area contributed by atoms with Crippen LogP contribution in [0.25, 0.3) is 11.3 Å². The van der Waals surface area contributed by atoms with Gasteiger partial charge in [-0.25, -0.2) is 0 Å². The standard InChI is InChI=1S/C12H10N2O/c1-2-8-15-11-9-13-14-12(11)10-6-4-3-5-7-10/h1,3-7,9H,8H2,(H,13,14). The maximum absolute atomic E-state index is 5.35. The van der Waals surface area contributed by atoms with E-state index in [1.165, 1.54) is 0 Å². The largest absolute Gasteiger partial charge is 0.477 e. The second-order valence-electron chi connectivity index (χ2n) is 2.97. The van der Waals surface area contributed by atoms with Crippen molar-refractivity contribution in [3.05, 3.63) is 36.5 Å². The number of hydrogen-bond acceptors (Lipinski definition) is 2. The smallest absolute Gasteiger partial charge is 0.166 e. The van der Waals surface area contributed by atoms with E-state index in [1.54, 1.807) is 6.20 Å². The van der Waals surface area contributed by atoms with Crippen molar-refractivity contribution in [1.82, 2.24) is 10.2 Å². The molecule has 15 heavy (non-hydrogen) atoms. The van der Waals surface area contributed by atoms with Crippen LogP contribution in [0, 0.1) is 12.3 Å². The van der Waals surface area contributed by atoms with Gasteiger partial charge in [-0.2, -0.15) is 5.10 Å². The van der Waals surface area contributed by atoms with Crippen LogP contribution in [0.15, 0.2) is 36.5 Å². The fraction of sp³-hybridized carbons (Fsp3) is 0.0833. The molecule has 3 nitrogen and oxygen atoms in total. The lowest BCUT2D eigenvalue weighted by atomic mass is 10.1. The van der Waals surface area contributed by atoms with Crippen molar-refractivity contribution in [2.75, 3.05) is 6.61 Å². The number of aromatic amines is 1. The van der Waals surface area contributed by atoms with Gasteiger partial charge >= 0.3 is 0 Å². The Balaban J connectivity index is 2.30. The first-order chi connectivity index (χ1) is 7.42. The highest BCUT2D eigenvalue weighted by atomic mass is 16.5. The minimum Gasteiger partial charge on any atom is -0.477 e. The molecule has 0 aliphatic carbocycles. The number of rotatable bonds is 3. The summed E-state index contributed by atoms with van der Waals surface area (Å²) in [5, 5.41) is 6.82. The number of hydrogen-bond donors (Lipinski definition) is 1. The van der Waals surface area contributed by atoms with E-state index in [9.17, 15) is 0 Å². The molecule has 0 aliphatic heterocycles. The number of H-pyrrole nitrogens is 1. The molecular formula is C12H10N2O. The lowest BCUT2D eigenvalue weighted by molar-refractivity contribution is 0.372. The van der Waals surface area contributed by atoms with Gasteiger partial charge in [-0.05, 0) is 0 Å². The first-order valence-corrected chi connectivity index (χ1v) is 4.57. The summed E-state index contributed by atoms with van der Waals surface area (Å²) in [6.45, 7) is 0.249. The quantitative estimate of drug-likeness (QED) is 0.767. The van der Waals surface area contributed by atoms with Gasteiger partial charge in [0.2, 0.25) is 0 Å². The molecule has 0 amide bonds. The van der Waals surface area contributed by atoms with Crippen molar-refractivity contribution in [2.45, 2.75) is 0 Å². The first-order valence-electron chi connectivity index (χ1n) is 4.57. The van der Waals surface area contributed by atoms with Crippen molar-refractivity contribution >= 4 is 0 Å². The topological polar surface area (TPSA) is 37.9 Å². The molecule has 74 valence electrons. The molecule has 1 aromatic carbocycles. The van der Waals surface area contributed by atoms with Crippen LogP contribution >= 0.6 is 0 Å². The van der Waals surface area contributed by atoms with Crippen LogP contribution in [0.4, 0.5) is 0 Å². The molecule has 3 heteroatoms. The minimum absolute atomic E-state index is 0.249. The predicted molar refractivity (Wildman–Crippen MR) is 58.4 cm³/mol. The van der Waals surface area contributed by atoms with Crippen molar-refractivity contribution in [1.29, 1.82) is 0 Å². The monoisotopic (exact) mass is 198 g/mol. The molecule has 0 saturated heterocycles. The molecule has 0 bridgehead atoms. The summed E-state index contributed by atoms with van der Waals surface area (Å²) >= 11 is 0. The Kier molecular flexibility index (Phi) is 2.70. The molecule has 0 radical (unpaired) electrons. The molecule has 2 aromatic rings. The van der Waals surface area contributed by atoms with E-state index in [-0.39, 0.29) is 6.61 Å². The summed E-state index contributed by atoms with van der Waals surface area (Å²) in [5.41, 5.74) is 1.88. The third kappa shape index (κ3) is 2.00. The number of nitrogens with zero attached hydrogens (tertiary/aromatic N) is 1. The van der Waals surface area contributed by atoms with Gasteiger partial charge < -0.3 is 4.74 Å². The van der Waals surface area contributed by atoms with Gasteiger partial charge in [0.1, 0.15) is 12.3 Å². The predicted octanol–water partition coefficient (Wildman–Crippen LogP) is 2.09. The van der Waals surface area contributed by atoms with E-state index < -0.39 is 0 Å². The third-order valence-corrected chi connectivity index (χ3v) is 1.98. The lowest BCUT2D eigenvalue weighted by Gasteiger charge is -2.02. The van der Waals surface area contributed by atoms with E-state index in [0.717, 1.165) is 11.3 Å². The Hall–Kier alpha value is -2.21. The van der Waals surface area contributed by atoms with Crippen LogP contribution in [0.2, 0.25) is 0 Å². The van der Waals surface area contributed by atoms with Crippen LogP contribution in [-0.4, -0.2) is 16.8 Å². The van der Waals surface area contributed by atoms with Crippen molar-refractivity contribution in [3.8, 4) is 29.4 Å². The summed E-state index contributed by atoms with van der Waals surface area (Å²) in [7, 11) is 0. The molecule has 1 heterocycles. The summed E-state index contributed by atoms with van der Waals surface area (Å²) in [4.78, 5) is 0. The second kappa shape index (κ2) is 4.34. The summed E-state index contributed by atoms with van der Waals surface area (Å²) in [6, 6.07) is 9.84. The molecule has 2 rings (SSSR count). The highest BCUT2D eigenvalue weighted by Gasteiger charge is 2.07. The molecule has 0 fully saturated rings. The Morgan fingerprint density at radius 2 is 2.13 bits per heavy atom. The number of nitrogens with one attached hydrogen (secondary N) is 1. The van der Waals surface area contributed by atoms with E-state index in [2.05, 4.69) is 16.1 Å². The Bertz CT molecular complexity index is 468. The fourth-order valence-corrected chi connectivity index (χ4v) is 1.32. The molecule has 1 N–H and O–H groups in total. The molecule has 0 aliphatic rings. The molecule has 0 atom stereocenters. The summed E-state index contributed by atoms with van der Waals surface area (Å²) < 4.78 is 5.35. The molecular weight excluding hydrogens is 188 g/mol. The average Bonchev–Trinajstić information content (AvgIpc) is 2.75. The zero-order valence-electron chi connectivity index (χ0n) is 8.10. The van der Waals surface area contributed by atoms with Crippen molar-refractivity contribution < 1.29 is 4.74 Å². The lowest BCUT2D eigenvalue weighted by Crippen LogP contribution is -1.93. The Morgan fingerprint density at radius 1 is 1.33 bits per heavy atom. The maximum Gasteiger partial charge on any atom is 0.166 e. The van der Waals surface area contributed by atoms with Crippen LogP contribution in [0.5, 0.6) is 5.75 Å². The van der Waals surface area contributed by atoms with Gasteiger partial charge in [-0.1, -0.05) is 36.3 Å². The summed E-state index contributed by atoms with van der Waals surface area (Å²) in [5.74, 6) is 3.10. The highest BCUT2D eigenvalue weighted by Crippen LogP contribution is 2.26. The van der Waals surface area contributed by atoms with Crippen molar-refractivity contribution in [3.63, 3.8) is 0 Å². The zero-order chi connectivity index (χ0) is 10.5. The van der Waals surface area contributed by atoms with Crippen molar-refractivity contribution in [2.24, 2.45) is 0 Å². The van der Waals surface area contributed by atoms with E-state index in [1.807, 2.05) is 30.3 Å². The van der Waals surface area contributed by atoms with Gasteiger partial charge in [0.05, 0.1) is 6.20 Å². The first kappa shape index (κ1) is 9.35. The van der Waals surface area contributed by atoms with Gasteiger partial charge in [0.15, 0.2) is 5.75 Å². The number of benzene rings is 1. The highest BCUT2D eigenvalue weighted by molar-refractivity contribution is 5.65.